The number of benzene rings is 2. The minimum atomic E-state index is -0.869. The first-order chi connectivity index (χ1) is 14.3. The van der Waals surface area contributed by atoms with Gasteiger partial charge in [-0.2, -0.15) is 5.26 Å². The van der Waals surface area contributed by atoms with E-state index in [0.29, 0.717) is 29.4 Å². The lowest BCUT2D eigenvalue weighted by molar-refractivity contribution is -0.158. The Kier molecular flexibility index (Phi) is 4.65. The van der Waals surface area contributed by atoms with Gasteiger partial charge in [-0.1, -0.05) is 12.1 Å². The van der Waals surface area contributed by atoms with E-state index >= 15 is 0 Å². The van der Waals surface area contributed by atoms with Gasteiger partial charge < -0.3 is 18.9 Å². The van der Waals surface area contributed by atoms with Crippen LogP contribution in [0, 0.1) is 17.2 Å². The van der Waals surface area contributed by atoms with E-state index in [1.807, 2.05) is 39.0 Å². The smallest absolute Gasteiger partial charge is 0.318 e. The van der Waals surface area contributed by atoms with Crippen molar-refractivity contribution in [1.82, 2.24) is 0 Å². The van der Waals surface area contributed by atoms with Gasteiger partial charge in [-0.15, -0.1) is 0 Å². The maximum absolute atomic E-state index is 13.6. The van der Waals surface area contributed by atoms with Crippen LogP contribution in [0.5, 0.6) is 17.2 Å². The van der Waals surface area contributed by atoms with Crippen LogP contribution in [0.15, 0.2) is 36.4 Å². The summed E-state index contributed by atoms with van der Waals surface area (Å²) in [6.07, 6.45) is 0. The lowest BCUT2D eigenvalue weighted by Gasteiger charge is -2.25. The lowest BCUT2D eigenvalue weighted by Crippen LogP contribution is -2.34. The van der Waals surface area contributed by atoms with Gasteiger partial charge in [-0.05, 0) is 44.5 Å². The van der Waals surface area contributed by atoms with Crippen molar-refractivity contribution in [2.75, 3.05) is 20.8 Å². The normalized spacial score (nSPS) is 23.9. The largest absolute Gasteiger partial charge is 0.493 e. The molecule has 1 aliphatic heterocycles. The van der Waals surface area contributed by atoms with E-state index in [9.17, 15) is 4.79 Å². The number of nitrogens with zero attached hydrogens (tertiary/aromatic N) is 1. The summed E-state index contributed by atoms with van der Waals surface area (Å²) in [6, 6.07) is 13.0. The van der Waals surface area contributed by atoms with E-state index in [4.69, 9.17) is 24.2 Å². The van der Waals surface area contributed by atoms with Crippen molar-refractivity contribution >= 4 is 5.97 Å². The van der Waals surface area contributed by atoms with Crippen molar-refractivity contribution in [2.24, 2.45) is 5.92 Å². The van der Waals surface area contributed by atoms with E-state index < -0.39 is 11.0 Å². The Balaban J connectivity index is 1.85. The molecular formula is C24H25NO5. The quantitative estimate of drug-likeness (QED) is 0.714. The third kappa shape index (κ3) is 2.97. The van der Waals surface area contributed by atoms with Crippen LogP contribution in [0.25, 0.3) is 0 Å². The van der Waals surface area contributed by atoms with Crippen LogP contribution in [0.4, 0.5) is 0 Å². The molecule has 6 heteroatoms. The topological polar surface area (TPSA) is 77.8 Å². The standard InChI is InChI=1S/C24H25NO5/c1-23(2,3)30-22(26)24(15-8-6-14(12-25)7-9-15)17-13-29-18-11-20(28-5)19(27-4)10-16(18)21(17)24/h6-11,17,21H,13H2,1-5H3. The van der Waals surface area contributed by atoms with Crippen molar-refractivity contribution < 1.29 is 23.7 Å². The zero-order valence-corrected chi connectivity index (χ0v) is 17.8. The molecule has 0 aromatic heterocycles. The predicted octanol–water partition coefficient (Wildman–Crippen LogP) is 3.96. The van der Waals surface area contributed by atoms with Crippen LogP contribution in [0.3, 0.4) is 0 Å². The highest BCUT2D eigenvalue weighted by Gasteiger charge is 2.74. The highest BCUT2D eigenvalue weighted by molar-refractivity contribution is 5.91. The van der Waals surface area contributed by atoms with E-state index in [0.717, 1.165) is 11.1 Å². The summed E-state index contributed by atoms with van der Waals surface area (Å²) in [6.45, 7) is 5.98. The summed E-state index contributed by atoms with van der Waals surface area (Å²) >= 11 is 0. The fraction of sp³-hybridized carbons (Fsp3) is 0.417. The number of nitriles is 1. The molecule has 1 heterocycles. The summed E-state index contributed by atoms with van der Waals surface area (Å²) in [4.78, 5) is 13.6. The minimum Gasteiger partial charge on any atom is -0.493 e. The molecule has 30 heavy (non-hydrogen) atoms. The molecule has 2 aliphatic rings. The van der Waals surface area contributed by atoms with Crippen molar-refractivity contribution in [1.29, 1.82) is 5.26 Å². The SMILES string of the molecule is COc1cc2c(cc1OC)C1C(CO2)C1(C(=O)OC(C)(C)C)c1ccc(C#N)cc1. The Hall–Kier alpha value is -3.20. The zero-order chi connectivity index (χ0) is 21.7. The number of methoxy groups -OCH3 is 2. The maximum atomic E-state index is 13.6. The molecule has 1 fully saturated rings. The van der Waals surface area contributed by atoms with Crippen LogP contribution >= 0.6 is 0 Å². The van der Waals surface area contributed by atoms with Crippen LogP contribution < -0.4 is 14.2 Å². The molecule has 156 valence electrons. The molecule has 0 bridgehead atoms. The van der Waals surface area contributed by atoms with Gasteiger partial charge in [-0.3, -0.25) is 4.79 Å². The summed E-state index contributed by atoms with van der Waals surface area (Å²) < 4.78 is 22.8. The highest BCUT2D eigenvalue weighted by atomic mass is 16.6. The van der Waals surface area contributed by atoms with E-state index in [2.05, 4.69) is 6.07 Å². The second-order valence-corrected chi connectivity index (χ2v) is 8.70. The van der Waals surface area contributed by atoms with Crippen molar-refractivity contribution in [3.05, 3.63) is 53.1 Å². The average Bonchev–Trinajstić information content (AvgIpc) is 3.42. The van der Waals surface area contributed by atoms with Crippen molar-refractivity contribution in [3.8, 4) is 23.3 Å². The van der Waals surface area contributed by atoms with Gasteiger partial charge in [0.2, 0.25) is 0 Å². The molecule has 4 rings (SSSR count). The third-order valence-corrected chi connectivity index (χ3v) is 5.87. The van der Waals surface area contributed by atoms with E-state index in [1.165, 1.54) is 0 Å². The monoisotopic (exact) mass is 407 g/mol. The number of hydrogen-bond acceptors (Lipinski definition) is 6. The molecule has 3 atom stereocenters. The molecule has 0 N–H and O–H groups in total. The van der Waals surface area contributed by atoms with Crippen LogP contribution in [0.2, 0.25) is 0 Å². The number of esters is 1. The lowest BCUT2D eigenvalue weighted by atomic mass is 9.89. The van der Waals surface area contributed by atoms with E-state index in [-0.39, 0.29) is 17.8 Å². The second-order valence-electron chi connectivity index (χ2n) is 8.70. The van der Waals surface area contributed by atoms with Crippen LogP contribution in [0.1, 0.15) is 43.4 Å². The molecule has 6 nitrogen and oxygen atoms in total. The Morgan fingerprint density at radius 3 is 2.33 bits per heavy atom. The Labute approximate surface area is 176 Å². The average molecular weight is 407 g/mol. The van der Waals surface area contributed by atoms with E-state index in [1.54, 1.807) is 32.4 Å². The Morgan fingerprint density at radius 1 is 1.13 bits per heavy atom. The zero-order valence-electron chi connectivity index (χ0n) is 17.8. The maximum Gasteiger partial charge on any atom is 0.318 e. The highest BCUT2D eigenvalue weighted by Crippen LogP contribution is 2.70. The molecule has 2 aromatic carbocycles. The summed E-state index contributed by atoms with van der Waals surface area (Å²) in [5, 5.41) is 9.17. The van der Waals surface area contributed by atoms with Crippen molar-refractivity contribution in [2.45, 2.75) is 37.7 Å². The number of carbonyl (C=O) groups is 1. The van der Waals surface area contributed by atoms with Crippen LogP contribution in [-0.4, -0.2) is 32.4 Å². The van der Waals surface area contributed by atoms with Gasteiger partial charge in [0.1, 0.15) is 16.8 Å². The van der Waals surface area contributed by atoms with Gasteiger partial charge in [-0.25, -0.2) is 0 Å². The first-order valence-corrected chi connectivity index (χ1v) is 9.89. The molecule has 1 aliphatic carbocycles. The third-order valence-electron chi connectivity index (χ3n) is 5.87. The molecule has 0 radical (unpaired) electrons. The fourth-order valence-electron chi connectivity index (χ4n) is 4.55. The number of rotatable bonds is 4. The number of fused-ring (bicyclic) bond motifs is 3. The molecule has 3 unspecified atom stereocenters. The van der Waals surface area contributed by atoms with Gasteiger partial charge in [0.25, 0.3) is 0 Å². The molecule has 0 amide bonds. The van der Waals surface area contributed by atoms with Crippen LogP contribution in [-0.2, 0) is 14.9 Å². The predicted molar refractivity (Wildman–Crippen MR) is 110 cm³/mol. The van der Waals surface area contributed by atoms with Gasteiger partial charge >= 0.3 is 5.97 Å². The first-order valence-electron chi connectivity index (χ1n) is 9.89. The minimum absolute atomic E-state index is 0.0640. The Bertz CT molecular complexity index is 1030. The van der Waals surface area contributed by atoms with Crippen molar-refractivity contribution in [3.63, 3.8) is 0 Å². The second kappa shape index (κ2) is 6.94. The van der Waals surface area contributed by atoms with Gasteiger partial charge in [0, 0.05) is 23.5 Å². The summed E-state index contributed by atoms with van der Waals surface area (Å²) in [5.74, 6) is 1.41. The molecule has 2 aromatic rings. The number of carbonyl (C=O) groups excluding carboxylic acids is 1. The molecule has 1 saturated carbocycles. The molecule has 0 spiro atoms. The van der Waals surface area contributed by atoms with Gasteiger partial charge in [0.05, 0.1) is 32.5 Å². The molecular weight excluding hydrogens is 382 g/mol. The summed E-state index contributed by atoms with van der Waals surface area (Å²) in [7, 11) is 3.16. The molecule has 0 saturated heterocycles. The fourth-order valence-corrected chi connectivity index (χ4v) is 4.55. The Morgan fingerprint density at radius 2 is 1.77 bits per heavy atom. The number of hydrogen-bond donors (Lipinski definition) is 0. The number of ether oxygens (including phenoxy) is 4. The first kappa shape index (κ1) is 20.1. The summed E-state index contributed by atoms with van der Waals surface area (Å²) in [5.41, 5.74) is 0.788. The van der Waals surface area contributed by atoms with Gasteiger partial charge in [0.15, 0.2) is 11.5 Å².